The van der Waals surface area contributed by atoms with Crippen molar-refractivity contribution in [1.82, 2.24) is 9.97 Å². The summed E-state index contributed by atoms with van der Waals surface area (Å²) in [6.45, 7) is 13.0. The maximum Gasteiger partial charge on any atom is 0.262 e. The average Bonchev–Trinajstić information content (AvgIpc) is 2.61. The lowest BCUT2D eigenvalue weighted by atomic mass is 10.2. The minimum atomic E-state index is -1.96. The van der Waals surface area contributed by atoms with Gasteiger partial charge in [-0.1, -0.05) is 50.0 Å². The summed E-state index contributed by atoms with van der Waals surface area (Å²) in [6.07, 6.45) is 1.10. The zero-order chi connectivity index (χ0) is 22.7. The van der Waals surface area contributed by atoms with Crippen LogP contribution in [0.1, 0.15) is 38.1 Å². The fraction of sp³-hybridized carbons (Fsp3) is 0.450. The van der Waals surface area contributed by atoms with Crippen LogP contribution in [0.5, 0.6) is 5.88 Å². The van der Waals surface area contributed by atoms with Crippen LogP contribution in [0.4, 0.5) is 5.69 Å². The van der Waals surface area contributed by atoms with Gasteiger partial charge in [-0.3, -0.25) is 4.79 Å². The number of rotatable bonds is 7. The van der Waals surface area contributed by atoms with E-state index in [0.29, 0.717) is 15.7 Å². The van der Waals surface area contributed by atoms with Gasteiger partial charge in [0.25, 0.3) is 5.91 Å². The normalized spacial score (nSPS) is 13.1. The summed E-state index contributed by atoms with van der Waals surface area (Å²) in [5.41, 5.74) is 0.399. The highest BCUT2D eigenvalue weighted by Gasteiger charge is 2.38. The van der Waals surface area contributed by atoms with Gasteiger partial charge >= 0.3 is 0 Å². The third-order valence-corrected chi connectivity index (χ3v) is 10.3. The molecule has 1 unspecified atom stereocenters. The molecule has 0 bridgehead atoms. The Hall–Kier alpha value is -1.38. The number of para-hydroxylation sites is 1. The maximum atomic E-state index is 12.8. The largest absolute Gasteiger partial charge is 0.474 e. The second kappa shape index (κ2) is 9.83. The van der Waals surface area contributed by atoms with Crippen LogP contribution >= 0.6 is 34.8 Å². The lowest BCUT2D eigenvalue weighted by Gasteiger charge is -2.38. The molecule has 2 rings (SSSR count). The highest BCUT2D eigenvalue weighted by Crippen LogP contribution is 2.37. The number of nitrogens with one attached hydrogen (secondary N) is 1. The molecule has 30 heavy (non-hydrogen) atoms. The molecule has 0 aliphatic carbocycles. The van der Waals surface area contributed by atoms with E-state index in [1.807, 2.05) is 6.92 Å². The number of hydrogen-bond donors (Lipinski definition) is 1. The van der Waals surface area contributed by atoms with E-state index in [2.05, 4.69) is 49.1 Å². The van der Waals surface area contributed by atoms with Gasteiger partial charge < -0.3 is 14.5 Å². The monoisotopic (exact) mass is 489 g/mol. The van der Waals surface area contributed by atoms with Gasteiger partial charge in [0, 0.05) is 6.20 Å². The SMILES string of the molecule is CC(COc1nc(Cl)ncc1C(=O)Nc1c(Cl)cccc1Cl)O[Si](C)(C)C(C)(C)C. The van der Waals surface area contributed by atoms with Crippen LogP contribution in [0, 0.1) is 0 Å². The van der Waals surface area contributed by atoms with Gasteiger partial charge in [0.05, 0.1) is 21.8 Å². The smallest absolute Gasteiger partial charge is 0.262 e. The van der Waals surface area contributed by atoms with Gasteiger partial charge in [0.2, 0.25) is 11.2 Å². The Morgan fingerprint density at radius 1 is 1.20 bits per heavy atom. The van der Waals surface area contributed by atoms with Crippen molar-refractivity contribution in [2.45, 2.75) is 51.9 Å². The molecular formula is C20H26Cl3N3O3Si. The molecule has 10 heteroatoms. The van der Waals surface area contributed by atoms with Crippen LogP contribution in [0.25, 0.3) is 0 Å². The molecule has 0 aliphatic heterocycles. The number of anilines is 1. The number of hydrogen-bond acceptors (Lipinski definition) is 5. The number of carbonyl (C=O) groups excluding carboxylic acids is 1. The fourth-order valence-corrected chi connectivity index (χ4v) is 4.36. The van der Waals surface area contributed by atoms with Crippen LogP contribution in [0.2, 0.25) is 33.5 Å². The summed E-state index contributed by atoms with van der Waals surface area (Å²) in [5, 5.41) is 3.33. The number of nitrogens with zero attached hydrogens (tertiary/aromatic N) is 2. The van der Waals surface area contributed by atoms with Gasteiger partial charge in [-0.05, 0) is 48.8 Å². The van der Waals surface area contributed by atoms with Gasteiger partial charge in [0.15, 0.2) is 8.32 Å². The molecule has 0 saturated carbocycles. The molecule has 1 N–H and O–H groups in total. The van der Waals surface area contributed by atoms with Gasteiger partial charge in [-0.15, -0.1) is 0 Å². The summed E-state index contributed by atoms with van der Waals surface area (Å²) in [4.78, 5) is 20.7. The Kier molecular flexibility index (Phi) is 8.15. The standard InChI is InChI=1S/C20H26Cl3N3O3Si/c1-12(29-30(5,6)20(2,3)4)11-28-18-13(10-24-19(23)26-18)17(27)25-16-14(21)8-7-9-15(16)22/h7-10,12H,11H2,1-6H3,(H,25,27). The van der Waals surface area contributed by atoms with Crippen molar-refractivity contribution in [2.75, 3.05) is 11.9 Å². The van der Waals surface area contributed by atoms with Crippen LogP contribution in [0.15, 0.2) is 24.4 Å². The molecule has 1 amide bonds. The third kappa shape index (κ3) is 6.31. The second-order valence-corrected chi connectivity index (χ2v) is 14.3. The molecule has 2 aromatic rings. The Morgan fingerprint density at radius 2 is 1.80 bits per heavy atom. The second-order valence-electron chi connectivity index (χ2n) is 8.41. The number of aromatic nitrogens is 2. The van der Waals surface area contributed by atoms with Crippen molar-refractivity contribution < 1.29 is 14.0 Å². The van der Waals surface area contributed by atoms with E-state index in [-0.39, 0.29) is 34.5 Å². The van der Waals surface area contributed by atoms with Crippen molar-refractivity contribution in [1.29, 1.82) is 0 Å². The molecule has 0 fully saturated rings. The molecule has 0 aliphatic rings. The molecule has 6 nitrogen and oxygen atoms in total. The quantitative estimate of drug-likeness (QED) is 0.355. The zero-order valence-electron chi connectivity index (χ0n) is 17.8. The highest BCUT2D eigenvalue weighted by molar-refractivity contribution is 6.74. The average molecular weight is 491 g/mol. The topological polar surface area (TPSA) is 73.3 Å². The number of carbonyl (C=O) groups is 1. The van der Waals surface area contributed by atoms with E-state index in [1.54, 1.807) is 18.2 Å². The molecule has 164 valence electrons. The number of benzene rings is 1. The van der Waals surface area contributed by atoms with Crippen LogP contribution in [-0.4, -0.2) is 36.9 Å². The Bertz CT molecular complexity index is 900. The van der Waals surface area contributed by atoms with E-state index < -0.39 is 14.2 Å². The van der Waals surface area contributed by atoms with Crippen LogP contribution < -0.4 is 10.1 Å². The van der Waals surface area contributed by atoms with Crippen molar-refractivity contribution in [2.24, 2.45) is 0 Å². The molecule has 1 heterocycles. The number of ether oxygens (including phenoxy) is 1. The Labute approximate surface area is 193 Å². The summed E-state index contributed by atoms with van der Waals surface area (Å²) in [5.74, 6) is -0.462. The fourth-order valence-electron chi connectivity index (χ4n) is 2.32. The van der Waals surface area contributed by atoms with E-state index >= 15 is 0 Å². The van der Waals surface area contributed by atoms with Gasteiger partial charge in [-0.25, -0.2) is 4.98 Å². The van der Waals surface area contributed by atoms with E-state index in [1.165, 1.54) is 6.20 Å². The van der Waals surface area contributed by atoms with Crippen molar-refractivity contribution in [3.8, 4) is 5.88 Å². The molecule has 1 aromatic heterocycles. The first-order chi connectivity index (χ1) is 13.8. The molecule has 0 radical (unpaired) electrons. The van der Waals surface area contributed by atoms with Crippen molar-refractivity contribution >= 4 is 54.7 Å². The minimum absolute atomic E-state index is 0.0321. The number of halogens is 3. The molecule has 0 saturated heterocycles. The summed E-state index contributed by atoms with van der Waals surface area (Å²) in [6, 6.07) is 4.93. The first kappa shape index (κ1) is 24.9. The maximum absolute atomic E-state index is 12.8. The van der Waals surface area contributed by atoms with Gasteiger partial charge in [-0.2, -0.15) is 4.98 Å². The molecule has 1 aromatic carbocycles. The minimum Gasteiger partial charge on any atom is -0.474 e. The van der Waals surface area contributed by atoms with E-state index in [4.69, 9.17) is 44.0 Å². The summed E-state index contributed by atoms with van der Waals surface area (Å²) < 4.78 is 12.1. The first-order valence-electron chi connectivity index (χ1n) is 9.40. The number of amides is 1. The van der Waals surface area contributed by atoms with E-state index in [9.17, 15) is 4.79 Å². The Balaban J connectivity index is 2.16. The highest BCUT2D eigenvalue weighted by atomic mass is 35.5. The van der Waals surface area contributed by atoms with Crippen LogP contribution in [-0.2, 0) is 4.43 Å². The lowest BCUT2D eigenvalue weighted by Crippen LogP contribution is -2.44. The summed E-state index contributed by atoms with van der Waals surface area (Å²) in [7, 11) is -1.96. The third-order valence-electron chi connectivity index (χ3n) is 4.93. The predicted octanol–water partition coefficient (Wildman–Crippen LogP) is 6.48. The zero-order valence-corrected chi connectivity index (χ0v) is 21.1. The molecule has 1 atom stereocenters. The molecular weight excluding hydrogens is 465 g/mol. The lowest BCUT2D eigenvalue weighted by molar-refractivity contribution is 0.100. The van der Waals surface area contributed by atoms with Crippen molar-refractivity contribution in [3.63, 3.8) is 0 Å². The Morgan fingerprint density at radius 3 is 2.37 bits per heavy atom. The predicted molar refractivity (Wildman–Crippen MR) is 125 cm³/mol. The first-order valence-corrected chi connectivity index (χ1v) is 13.4. The van der Waals surface area contributed by atoms with Crippen molar-refractivity contribution in [3.05, 3.63) is 45.3 Å². The van der Waals surface area contributed by atoms with Crippen LogP contribution in [0.3, 0.4) is 0 Å². The molecule has 0 spiro atoms. The van der Waals surface area contributed by atoms with Gasteiger partial charge in [0.1, 0.15) is 12.2 Å². The summed E-state index contributed by atoms with van der Waals surface area (Å²) >= 11 is 18.2. The van der Waals surface area contributed by atoms with E-state index in [0.717, 1.165) is 0 Å².